The van der Waals surface area contributed by atoms with Gasteiger partial charge in [0.1, 0.15) is 40.6 Å². The topological polar surface area (TPSA) is 78.1 Å². The van der Waals surface area contributed by atoms with Crippen LogP contribution in [0.2, 0.25) is 0 Å². The Balaban J connectivity index is 1.47. The fraction of sp³-hybridized carbons (Fsp3) is 0.385. The van der Waals surface area contributed by atoms with Crippen molar-refractivity contribution in [3.63, 3.8) is 0 Å². The Labute approximate surface area is 206 Å². The Kier molecular flexibility index (Phi) is 5.36. The second-order valence-electron chi connectivity index (χ2n) is 9.70. The molecule has 1 saturated carbocycles. The smallest absolute Gasteiger partial charge is 0.261 e. The Morgan fingerprint density at radius 3 is 2.67 bits per heavy atom. The lowest BCUT2D eigenvalue weighted by Gasteiger charge is -2.37. The molecule has 1 aliphatic carbocycles. The van der Waals surface area contributed by atoms with E-state index >= 15 is 0 Å². The highest BCUT2D eigenvalue weighted by molar-refractivity contribution is 5.93. The third-order valence-corrected chi connectivity index (χ3v) is 6.96. The van der Waals surface area contributed by atoms with Gasteiger partial charge in [-0.1, -0.05) is 0 Å². The number of aromatic nitrogens is 5. The fourth-order valence-corrected chi connectivity index (χ4v) is 4.78. The lowest BCUT2D eigenvalue weighted by atomic mass is 10.1. The van der Waals surface area contributed by atoms with Gasteiger partial charge < -0.3 is 9.64 Å². The summed E-state index contributed by atoms with van der Waals surface area (Å²) in [6.07, 6.45) is 5.81. The minimum atomic E-state index is -0.762. The number of rotatable bonds is 4. The number of anilines is 1. The first-order chi connectivity index (χ1) is 17.3. The molecule has 1 aliphatic heterocycles. The SMILES string of the molecule is Cc1nc2c(-c3ccc(F)cc3F)nc(N3C[C@@H](C)O[C@@H](c4cnn(C5CC5)c4)C3)cc2c(=O)n1C. The highest BCUT2D eigenvalue weighted by Gasteiger charge is 2.31. The van der Waals surface area contributed by atoms with Gasteiger partial charge in [-0.15, -0.1) is 0 Å². The first-order valence-corrected chi connectivity index (χ1v) is 12.1. The van der Waals surface area contributed by atoms with E-state index < -0.39 is 11.6 Å². The summed E-state index contributed by atoms with van der Waals surface area (Å²) in [6, 6.07) is 5.50. The maximum Gasteiger partial charge on any atom is 0.261 e. The number of aryl methyl sites for hydroxylation is 1. The van der Waals surface area contributed by atoms with E-state index in [1.807, 2.05) is 28.9 Å². The van der Waals surface area contributed by atoms with Gasteiger partial charge in [-0.2, -0.15) is 5.10 Å². The van der Waals surface area contributed by atoms with E-state index in [0.29, 0.717) is 36.2 Å². The normalized spacial score (nSPS) is 20.3. The lowest BCUT2D eigenvalue weighted by Crippen LogP contribution is -2.43. The van der Waals surface area contributed by atoms with Crippen LogP contribution in [-0.2, 0) is 11.8 Å². The van der Waals surface area contributed by atoms with E-state index in [1.54, 1.807) is 20.0 Å². The molecule has 2 atom stereocenters. The monoisotopic (exact) mass is 492 g/mol. The molecular formula is C26H26F2N6O2. The maximum atomic E-state index is 14.9. The summed E-state index contributed by atoms with van der Waals surface area (Å²) in [5.74, 6) is -0.465. The van der Waals surface area contributed by atoms with Crippen molar-refractivity contribution in [2.45, 2.75) is 44.9 Å². The lowest BCUT2D eigenvalue weighted by molar-refractivity contribution is -0.0176. The van der Waals surface area contributed by atoms with Crippen molar-refractivity contribution in [1.29, 1.82) is 0 Å². The first kappa shape index (κ1) is 22.8. The minimum absolute atomic E-state index is 0.0898. The first-order valence-electron chi connectivity index (χ1n) is 12.1. The summed E-state index contributed by atoms with van der Waals surface area (Å²) in [7, 11) is 1.65. The van der Waals surface area contributed by atoms with Crippen molar-refractivity contribution in [1.82, 2.24) is 24.3 Å². The van der Waals surface area contributed by atoms with Gasteiger partial charge in [0.25, 0.3) is 5.56 Å². The molecule has 0 amide bonds. The van der Waals surface area contributed by atoms with Crippen molar-refractivity contribution in [2.75, 3.05) is 18.0 Å². The molecule has 186 valence electrons. The molecular weight excluding hydrogens is 466 g/mol. The number of hydrogen-bond acceptors (Lipinski definition) is 6. The molecule has 1 aromatic carbocycles. The van der Waals surface area contributed by atoms with Gasteiger partial charge in [0.2, 0.25) is 0 Å². The molecule has 8 nitrogen and oxygen atoms in total. The van der Waals surface area contributed by atoms with Gasteiger partial charge >= 0.3 is 0 Å². The number of morpholine rings is 1. The van der Waals surface area contributed by atoms with E-state index in [1.165, 1.54) is 16.7 Å². The van der Waals surface area contributed by atoms with Crippen molar-refractivity contribution in [3.8, 4) is 11.3 Å². The average Bonchev–Trinajstić information content (AvgIpc) is 3.58. The summed E-state index contributed by atoms with van der Waals surface area (Å²) < 4.78 is 38.2. The van der Waals surface area contributed by atoms with Crippen LogP contribution in [0.4, 0.5) is 14.6 Å². The van der Waals surface area contributed by atoms with E-state index in [-0.39, 0.29) is 34.5 Å². The quantitative estimate of drug-likeness (QED) is 0.427. The second kappa shape index (κ2) is 8.48. The molecule has 10 heteroatoms. The minimum Gasteiger partial charge on any atom is -0.367 e. The van der Waals surface area contributed by atoms with Crippen LogP contribution >= 0.6 is 0 Å². The van der Waals surface area contributed by atoms with E-state index in [4.69, 9.17) is 9.72 Å². The third-order valence-electron chi connectivity index (χ3n) is 6.96. The van der Waals surface area contributed by atoms with Crippen molar-refractivity contribution in [2.24, 2.45) is 7.05 Å². The highest BCUT2D eigenvalue weighted by Crippen LogP contribution is 2.36. The molecule has 1 saturated heterocycles. The number of ether oxygens (including phenoxy) is 1. The fourth-order valence-electron chi connectivity index (χ4n) is 4.78. The van der Waals surface area contributed by atoms with E-state index in [9.17, 15) is 13.6 Å². The number of benzene rings is 1. The zero-order valence-electron chi connectivity index (χ0n) is 20.3. The van der Waals surface area contributed by atoms with Crippen LogP contribution < -0.4 is 10.5 Å². The molecule has 0 bridgehead atoms. The van der Waals surface area contributed by atoms with Gasteiger partial charge in [0.15, 0.2) is 0 Å². The van der Waals surface area contributed by atoms with Crippen LogP contribution in [0.15, 0.2) is 41.5 Å². The van der Waals surface area contributed by atoms with E-state index in [0.717, 1.165) is 24.5 Å². The molecule has 3 aromatic heterocycles. The molecule has 0 spiro atoms. The standard InChI is InChI=1S/C26H26F2N6O2/c1-14-11-33(13-22(36-14)16-10-29-34(12-16)18-5-6-18)23-9-20-25(30-15(2)32(3)26(20)35)24(31-23)19-7-4-17(27)8-21(19)28/h4,7-10,12,14,18,22H,5-6,11,13H2,1-3H3/t14-,22-/m1/s1. The van der Waals surface area contributed by atoms with Gasteiger partial charge in [0.05, 0.1) is 30.3 Å². The molecule has 0 N–H and O–H groups in total. The number of halogens is 2. The molecule has 2 fully saturated rings. The molecule has 6 rings (SSSR count). The maximum absolute atomic E-state index is 14.9. The number of hydrogen-bond donors (Lipinski definition) is 0. The molecule has 4 aromatic rings. The molecule has 2 aliphatic rings. The van der Waals surface area contributed by atoms with Crippen LogP contribution in [0, 0.1) is 18.6 Å². The summed E-state index contributed by atoms with van der Waals surface area (Å²) in [6.45, 7) is 4.71. The number of pyridine rings is 1. The van der Waals surface area contributed by atoms with Crippen molar-refractivity contribution < 1.29 is 13.5 Å². The van der Waals surface area contributed by atoms with Crippen LogP contribution in [0.5, 0.6) is 0 Å². The largest absolute Gasteiger partial charge is 0.367 e. The van der Waals surface area contributed by atoms with Crippen molar-refractivity contribution >= 4 is 16.7 Å². The molecule has 0 radical (unpaired) electrons. The molecule has 0 unspecified atom stereocenters. The zero-order chi connectivity index (χ0) is 25.1. The van der Waals surface area contributed by atoms with E-state index in [2.05, 4.69) is 10.1 Å². The predicted molar refractivity (Wildman–Crippen MR) is 131 cm³/mol. The molecule has 4 heterocycles. The van der Waals surface area contributed by atoms with Gasteiger partial charge in [0, 0.05) is 37.0 Å². The number of nitrogens with zero attached hydrogens (tertiary/aromatic N) is 6. The van der Waals surface area contributed by atoms with Gasteiger partial charge in [-0.25, -0.2) is 18.7 Å². The van der Waals surface area contributed by atoms with Gasteiger partial charge in [-0.05, 0) is 44.9 Å². The van der Waals surface area contributed by atoms with Gasteiger partial charge in [-0.3, -0.25) is 14.0 Å². The zero-order valence-corrected chi connectivity index (χ0v) is 20.3. The summed E-state index contributed by atoms with van der Waals surface area (Å²) in [4.78, 5) is 24.6. The van der Waals surface area contributed by atoms with Crippen LogP contribution in [0.25, 0.3) is 22.2 Å². The number of fused-ring (bicyclic) bond motifs is 1. The summed E-state index contributed by atoms with van der Waals surface area (Å²) in [5, 5.41) is 4.82. The molecule has 36 heavy (non-hydrogen) atoms. The highest BCUT2D eigenvalue weighted by atomic mass is 19.1. The Morgan fingerprint density at radius 2 is 1.92 bits per heavy atom. The Hall–Kier alpha value is -3.66. The summed E-state index contributed by atoms with van der Waals surface area (Å²) in [5.41, 5.74) is 1.31. The Bertz CT molecular complexity index is 1540. The predicted octanol–water partition coefficient (Wildman–Crippen LogP) is 4.08. The van der Waals surface area contributed by atoms with Crippen LogP contribution in [-0.4, -0.2) is 43.5 Å². The van der Waals surface area contributed by atoms with Crippen LogP contribution in [0.3, 0.4) is 0 Å². The van der Waals surface area contributed by atoms with Crippen LogP contribution in [0.1, 0.15) is 43.3 Å². The second-order valence-corrected chi connectivity index (χ2v) is 9.70. The third kappa shape index (κ3) is 3.95. The van der Waals surface area contributed by atoms with Crippen molar-refractivity contribution in [3.05, 3.63) is 70.0 Å². The Morgan fingerprint density at radius 1 is 1.11 bits per heavy atom. The average molecular weight is 493 g/mol. The summed E-state index contributed by atoms with van der Waals surface area (Å²) >= 11 is 0.